The molecule has 13 heavy (non-hydrogen) atoms. The first kappa shape index (κ1) is 13.5. The first-order chi connectivity index (χ1) is 5.56. The molecule has 0 saturated heterocycles. The molecular weight excluding hydrogens is 258 g/mol. The molecule has 0 spiro atoms. The fourth-order valence-corrected chi connectivity index (χ4v) is 0.762. The van der Waals surface area contributed by atoms with Crippen LogP contribution < -0.4 is 0 Å². The van der Waals surface area contributed by atoms with Crippen molar-refractivity contribution in [3.05, 3.63) is 0 Å². The van der Waals surface area contributed by atoms with E-state index in [1.165, 1.54) is 6.92 Å². The molecule has 8 heteroatoms. The molecule has 0 aromatic rings. The number of halogens is 7. The Morgan fingerprint density at radius 3 is 1.69 bits per heavy atom. The number of hydrogen-bond acceptors (Lipinski definition) is 1. The molecule has 0 bridgehead atoms. The summed E-state index contributed by atoms with van der Waals surface area (Å²) in [5.41, 5.74) is 0. The molecule has 0 amide bonds. The van der Waals surface area contributed by atoms with Gasteiger partial charge in [0.1, 0.15) is 0 Å². The summed E-state index contributed by atoms with van der Waals surface area (Å²) in [6.07, 6.45) is -5.22. The van der Waals surface area contributed by atoms with Gasteiger partial charge in [0.05, 0.1) is 0 Å². The van der Waals surface area contributed by atoms with Gasteiger partial charge in [-0.25, -0.2) is 0 Å². The number of alkyl halides is 7. The van der Waals surface area contributed by atoms with Gasteiger partial charge in [-0.05, 0) is 18.5 Å². The lowest BCUT2D eigenvalue weighted by atomic mass is 10.4. The minimum atomic E-state index is -5.22. The molecule has 0 aromatic heterocycles. The maximum Gasteiger partial charge on any atom is 0.428 e. The van der Waals surface area contributed by atoms with Crippen molar-refractivity contribution in [2.24, 2.45) is 0 Å². The molecule has 0 aliphatic rings. The lowest BCUT2D eigenvalue weighted by molar-refractivity contribution is -0.206. The molecule has 80 valence electrons. The molecule has 0 heterocycles. The van der Waals surface area contributed by atoms with E-state index < -0.39 is 22.4 Å². The molecule has 0 rings (SSSR count). The minimum Gasteiger partial charge on any atom is -0.332 e. The smallest absolute Gasteiger partial charge is 0.332 e. The summed E-state index contributed by atoms with van der Waals surface area (Å²) in [5.74, 6) is 0. The highest BCUT2D eigenvalue weighted by Crippen LogP contribution is 2.51. The molecule has 1 atom stereocenters. The van der Waals surface area contributed by atoms with Crippen molar-refractivity contribution in [3.63, 3.8) is 0 Å². The highest BCUT2D eigenvalue weighted by Gasteiger charge is 2.67. The van der Waals surface area contributed by atoms with Crippen LogP contribution in [0.1, 0.15) is 6.92 Å². The number of hydrogen-bond donors (Lipinski definition) is 0. The molecular formula is C5H5Cl3F4O. The van der Waals surface area contributed by atoms with Crippen molar-refractivity contribution in [3.8, 4) is 0 Å². The Morgan fingerprint density at radius 2 is 1.46 bits per heavy atom. The topological polar surface area (TPSA) is 9.23 Å². The molecule has 0 aromatic carbocycles. The second-order valence-electron chi connectivity index (χ2n) is 2.02. The van der Waals surface area contributed by atoms with Crippen LogP contribution in [0.15, 0.2) is 0 Å². The van der Waals surface area contributed by atoms with Crippen molar-refractivity contribution >= 4 is 34.8 Å². The Labute approximate surface area is 86.9 Å². The van der Waals surface area contributed by atoms with Crippen molar-refractivity contribution < 1.29 is 22.3 Å². The standard InChI is InChI=1S/C5H5Cl3F4O/c1-2-13-4(8,9)3(6,7)5(10,11)12/h2H2,1H3. The summed E-state index contributed by atoms with van der Waals surface area (Å²) >= 11 is 14.1. The largest absolute Gasteiger partial charge is 0.428 e. The van der Waals surface area contributed by atoms with Gasteiger partial charge in [-0.3, -0.25) is 0 Å². The van der Waals surface area contributed by atoms with Crippen molar-refractivity contribution in [1.29, 1.82) is 0 Å². The Balaban J connectivity index is 4.81. The van der Waals surface area contributed by atoms with E-state index >= 15 is 0 Å². The van der Waals surface area contributed by atoms with E-state index in [1.807, 2.05) is 0 Å². The highest BCUT2D eigenvalue weighted by atomic mass is 35.5. The lowest BCUT2D eigenvalue weighted by Gasteiger charge is -2.31. The monoisotopic (exact) mass is 262 g/mol. The van der Waals surface area contributed by atoms with Gasteiger partial charge in [0.2, 0.25) is 0 Å². The predicted molar refractivity (Wildman–Crippen MR) is 41.8 cm³/mol. The normalized spacial score (nSPS) is 18.5. The lowest BCUT2D eigenvalue weighted by Crippen LogP contribution is -2.50. The SMILES string of the molecule is CCOC(F)(Cl)C(Cl)(Cl)C(F)(F)F. The predicted octanol–water partition coefficient (Wildman–Crippen LogP) is 3.62. The van der Waals surface area contributed by atoms with Gasteiger partial charge in [-0.1, -0.05) is 23.2 Å². The molecule has 0 N–H and O–H groups in total. The van der Waals surface area contributed by atoms with Crippen LogP contribution in [0.4, 0.5) is 17.6 Å². The maximum absolute atomic E-state index is 12.9. The van der Waals surface area contributed by atoms with Crippen molar-refractivity contribution in [1.82, 2.24) is 0 Å². The third-order valence-electron chi connectivity index (χ3n) is 1.05. The van der Waals surface area contributed by atoms with Crippen LogP contribution in [0.25, 0.3) is 0 Å². The highest BCUT2D eigenvalue weighted by molar-refractivity contribution is 6.53. The van der Waals surface area contributed by atoms with Gasteiger partial charge in [0.15, 0.2) is 0 Å². The van der Waals surface area contributed by atoms with E-state index in [9.17, 15) is 17.6 Å². The van der Waals surface area contributed by atoms with Crippen LogP contribution in [0.5, 0.6) is 0 Å². The van der Waals surface area contributed by atoms with E-state index in [0.29, 0.717) is 0 Å². The quantitative estimate of drug-likeness (QED) is 0.558. The van der Waals surface area contributed by atoms with Gasteiger partial charge >= 0.3 is 11.5 Å². The summed E-state index contributed by atoms with van der Waals surface area (Å²) in [5, 5.41) is -3.69. The molecule has 0 fully saturated rings. The molecule has 0 aliphatic heterocycles. The van der Waals surface area contributed by atoms with Gasteiger partial charge < -0.3 is 4.74 Å². The Bertz CT molecular complexity index is 179. The van der Waals surface area contributed by atoms with Crippen molar-refractivity contribution in [2.75, 3.05) is 6.61 Å². The van der Waals surface area contributed by atoms with Crippen LogP contribution in [-0.4, -0.2) is 22.4 Å². The first-order valence-electron chi connectivity index (χ1n) is 3.02. The fraction of sp³-hybridized carbons (Fsp3) is 1.00. The van der Waals surface area contributed by atoms with Crippen LogP contribution in [0, 0.1) is 0 Å². The van der Waals surface area contributed by atoms with E-state index in [2.05, 4.69) is 4.74 Å². The van der Waals surface area contributed by atoms with Crippen LogP contribution in [0.2, 0.25) is 0 Å². The van der Waals surface area contributed by atoms with Gasteiger partial charge in [-0.2, -0.15) is 17.6 Å². The van der Waals surface area contributed by atoms with E-state index in [0.717, 1.165) is 0 Å². The van der Waals surface area contributed by atoms with Gasteiger partial charge in [-0.15, -0.1) is 0 Å². The second kappa shape index (κ2) is 3.96. The Kier molecular flexibility index (Phi) is 4.13. The Morgan fingerprint density at radius 1 is 1.08 bits per heavy atom. The van der Waals surface area contributed by atoms with E-state index in [-0.39, 0.29) is 0 Å². The average Bonchev–Trinajstić information content (AvgIpc) is 1.84. The molecule has 0 radical (unpaired) electrons. The van der Waals surface area contributed by atoms with Crippen LogP contribution in [0.3, 0.4) is 0 Å². The fourth-order valence-electron chi connectivity index (χ4n) is 0.437. The summed E-state index contributed by atoms with van der Waals surface area (Å²) in [4.78, 5) is 0. The summed E-state index contributed by atoms with van der Waals surface area (Å²) in [7, 11) is 0. The van der Waals surface area contributed by atoms with Gasteiger partial charge in [0, 0.05) is 6.61 Å². The number of ether oxygens (including phenoxy) is 1. The zero-order valence-corrected chi connectivity index (χ0v) is 8.53. The van der Waals surface area contributed by atoms with Crippen LogP contribution in [-0.2, 0) is 4.74 Å². The van der Waals surface area contributed by atoms with Gasteiger partial charge in [0.25, 0.3) is 4.33 Å². The third kappa shape index (κ3) is 2.75. The maximum atomic E-state index is 12.9. The zero-order valence-electron chi connectivity index (χ0n) is 6.26. The minimum absolute atomic E-state index is 0.392. The molecule has 0 aliphatic carbocycles. The molecule has 1 nitrogen and oxygen atoms in total. The molecule has 1 unspecified atom stereocenters. The summed E-state index contributed by atoms with van der Waals surface area (Å²) < 4.78 is 49.0. The number of rotatable bonds is 3. The summed E-state index contributed by atoms with van der Waals surface area (Å²) in [6.45, 7) is 0.855. The third-order valence-corrected chi connectivity index (χ3v) is 2.55. The van der Waals surface area contributed by atoms with E-state index in [4.69, 9.17) is 34.8 Å². The van der Waals surface area contributed by atoms with E-state index in [1.54, 1.807) is 0 Å². The summed E-state index contributed by atoms with van der Waals surface area (Å²) in [6, 6.07) is 0. The Hall–Kier alpha value is 0.550. The second-order valence-corrected chi connectivity index (χ2v) is 3.84. The van der Waals surface area contributed by atoms with Crippen LogP contribution >= 0.6 is 34.8 Å². The van der Waals surface area contributed by atoms with Crippen molar-refractivity contribution in [2.45, 2.75) is 22.7 Å². The average molecular weight is 263 g/mol. The zero-order chi connectivity index (χ0) is 10.9. The molecule has 0 saturated carbocycles. The first-order valence-corrected chi connectivity index (χ1v) is 4.16.